The van der Waals surface area contributed by atoms with E-state index in [0.29, 0.717) is 39.9 Å². The van der Waals surface area contributed by atoms with Gasteiger partial charge in [-0.2, -0.15) is 0 Å². The smallest absolute Gasteiger partial charge is 0.303 e. The van der Waals surface area contributed by atoms with Crippen molar-refractivity contribution in [1.29, 1.82) is 0 Å². The van der Waals surface area contributed by atoms with Crippen LogP contribution in [-0.4, -0.2) is 30.5 Å². The van der Waals surface area contributed by atoms with Crippen molar-refractivity contribution in [1.82, 2.24) is 24.5 Å². The number of nitrogen functional groups attached to an aromatic ring is 1. The maximum absolute atomic E-state index is 11.1. The van der Waals surface area contributed by atoms with E-state index in [2.05, 4.69) is 9.97 Å². The highest BCUT2D eigenvalue weighted by molar-refractivity contribution is 6.17. The second kappa shape index (κ2) is 11.6. The number of carbonyl (C=O) groups excluding carboxylic acids is 1. The molecule has 37 heavy (non-hydrogen) atoms. The lowest BCUT2D eigenvalue weighted by Gasteiger charge is -2.11. The molecule has 0 aliphatic carbocycles. The molecule has 5 rings (SSSR count). The summed E-state index contributed by atoms with van der Waals surface area (Å²) in [7, 11) is 0. The Morgan fingerprint density at radius 3 is 2.43 bits per heavy atom. The molecular weight excluding hydrogens is 488 g/mol. The molecule has 5 aromatic rings. The van der Waals surface area contributed by atoms with E-state index in [4.69, 9.17) is 32.0 Å². The van der Waals surface area contributed by atoms with Crippen molar-refractivity contribution in [2.75, 3.05) is 5.73 Å². The third-order valence-corrected chi connectivity index (χ3v) is 5.79. The number of esters is 1. The predicted molar refractivity (Wildman–Crippen MR) is 146 cm³/mol. The first-order chi connectivity index (χ1) is 18.0. The van der Waals surface area contributed by atoms with Crippen molar-refractivity contribution in [2.24, 2.45) is 0 Å². The van der Waals surface area contributed by atoms with Crippen LogP contribution in [0.1, 0.15) is 32.0 Å². The number of rotatable bonds is 6. The zero-order valence-corrected chi connectivity index (χ0v) is 21.6. The van der Waals surface area contributed by atoms with Crippen molar-refractivity contribution in [3.8, 4) is 28.3 Å². The molecule has 0 saturated carbocycles. The highest BCUT2D eigenvalue weighted by Gasteiger charge is 2.18. The topological polar surface area (TPSA) is 109 Å². The van der Waals surface area contributed by atoms with Crippen molar-refractivity contribution >= 4 is 34.6 Å². The van der Waals surface area contributed by atoms with Crippen LogP contribution in [0.3, 0.4) is 0 Å². The summed E-state index contributed by atoms with van der Waals surface area (Å²) in [5.41, 5.74) is 12.4. The number of imidazole rings is 1. The second-order valence-electron chi connectivity index (χ2n) is 7.86. The molecule has 0 fully saturated rings. The Kier molecular flexibility index (Phi) is 8.10. The molecule has 0 unspecified atom stereocenters. The monoisotopic (exact) mass is 514 g/mol. The number of hydrogen-bond donors (Lipinski definition) is 1. The molecule has 188 valence electrons. The zero-order valence-electron chi connectivity index (χ0n) is 20.9. The lowest BCUT2D eigenvalue weighted by Crippen LogP contribution is -2.02. The van der Waals surface area contributed by atoms with Gasteiger partial charge in [-0.15, -0.1) is 11.6 Å². The van der Waals surface area contributed by atoms with Crippen LogP contribution >= 0.6 is 11.6 Å². The molecule has 4 heterocycles. The molecule has 0 saturated heterocycles. The minimum atomic E-state index is -0.347. The minimum Gasteiger partial charge on any atom is -0.459 e. The number of hydrogen-bond acceptors (Lipinski definition) is 7. The number of pyridine rings is 3. The van der Waals surface area contributed by atoms with Gasteiger partial charge in [-0.1, -0.05) is 26.0 Å². The van der Waals surface area contributed by atoms with Crippen LogP contribution in [0, 0.1) is 0 Å². The molecule has 8 nitrogen and oxygen atoms in total. The summed E-state index contributed by atoms with van der Waals surface area (Å²) in [4.78, 5) is 29.5. The Bertz CT molecular complexity index is 1510. The molecule has 0 radical (unpaired) electrons. The van der Waals surface area contributed by atoms with Gasteiger partial charge in [-0.3, -0.25) is 14.3 Å². The number of alkyl halides is 1. The molecule has 4 aromatic heterocycles. The Labute approximate surface area is 220 Å². The third-order valence-electron chi connectivity index (χ3n) is 5.48. The second-order valence-corrected chi connectivity index (χ2v) is 8.13. The van der Waals surface area contributed by atoms with E-state index >= 15 is 0 Å². The number of benzene rings is 1. The van der Waals surface area contributed by atoms with Crippen LogP contribution in [0.25, 0.3) is 39.5 Å². The summed E-state index contributed by atoms with van der Waals surface area (Å²) in [6.07, 6.45) is 3.36. The molecule has 1 aromatic carbocycles. The lowest BCUT2D eigenvalue weighted by atomic mass is 10.1. The first-order valence-corrected chi connectivity index (χ1v) is 12.4. The number of nitrogens with zero attached hydrogens (tertiary/aromatic N) is 5. The van der Waals surface area contributed by atoms with Gasteiger partial charge in [0, 0.05) is 36.4 Å². The maximum atomic E-state index is 11.1. The highest BCUT2D eigenvalue weighted by Crippen LogP contribution is 2.31. The molecule has 2 N–H and O–H groups in total. The fraction of sp³-hybridized carbons (Fsp3) is 0.179. The van der Waals surface area contributed by atoms with E-state index in [0.717, 1.165) is 22.5 Å². The summed E-state index contributed by atoms with van der Waals surface area (Å²) in [5.74, 6) is 1.11. The van der Waals surface area contributed by atoms with Crippen LogP contribution < -0.4 is 5.73 Å². The average molecular weight is 515 g/mol. The summed E-state index contributed by atoms with van der Waals surface area (Å²) in [6.45, 7) is 5.50. The van der Waals surface area contributed by atoms with E-state index in [9.17, 15) is 4.79 Å². The Balaban J connectivity index is 0.00000156. The van der Waals surface area contributed by atoms with E-state index < -0.39 is 0 Å². The van der Waals surface area contributed by atoms with Crippen LogP contribution in [-0.2, 0) is 22.0 Å². The first kappa shape index (κ1) is 25.8. The lowest BCUT2D eigenvalue weighted by molar-refractivity contribution is -0.142. The third kappa shape index (κ3) is 5.59. The summed E-state index contributed by atoms with van der Waals surface area (Å²) in [5, 5.41) is 0. The molecule has 9 heteroatoms. The largest absolute Gasteiger partial charge is 0.459 e. The first-order valence-electron chi connectivity index (χ1n) is 11.9. The van der Waals surface area contributed by atoms with Crippen molar-refractivity contribution < 1.29 is 9.53 Å². The van der Waals surface area contributed by atoms with E-state index in [1.807, 2.05) is 79.1 Å². The van der Waals surface area contributed by atoms with Crippen molar-refractivity contribution in [3.63, 3.8) is 0 Å². The molecule has 0 aliphatic rings. The van der Waals surface area contributed by atoms with E-state index in [1.54, 1.807) is 12.4 Å². The number of fused-ring (bicyclic) bond motifs is 1. The van der Waals surface area contributed by atoms with Gasteiger partial charge in [-0.25, -0.2) is 15.0 Å². The standard InChI is InChI=1S/C26H21ClN6O2.C2H6/c1-16(34)35-15-19-7-6-18(14-30-19)22-10-11-23-26(31-22)33(20-8-4-17(13-27)5-9-20)25(32-23)21-3-2-12-29-24(21)28;1-2/h2-12,14H,13,15H2,1H3,(H2,28,29);1-2H3. The Hall–Kier alpha value is -4.30. The van der Waals surface area contributed by atoms with Gasteiger partial charge in [0.25, 0.3) is 0 Å². The summed E-state index contributed by atoms with van der Waals surface area (Å²) < 4.78 is 6.98. The van der Waals surface area contributed by atoms with Crippen LogP contribution in [0.4, 0.5) is 5.82 Å². The highest BCUT2D eigenvalue weighted by atomic mass is 35.5. The number of aromatic nitrogens is 5. The summed E-state index contributed by atoms with van der Waals surface area (Å²) >= 11 is 6.00. The molecule has 0 spiro atoms. The van der Waals surface area contributed by atoms with Gasteiger partial charge >= 0.3 is 5.97 Å². The Morgan fingerprint density at radius 1 is 1.00 bits per heavy atom. The van der Waals surface area contributed by atoms with Gasteiger partial charge in [0.15, 0.2) is 11.5 Å². The number of ether oxygens (including phenoxy) is 1. The molecule has 0 aliphatic heterocycles. The van der Waals surface area contributed by atoms with Crippen LogP contribution in [0.5, 0.6) is 0 Å². The number of halogens is 1. The van der Waals surface area contributed by atoms with Gasteiger partial charge in [-0.05, 0) is 54.1 Å². The maximum Gasteiger partial charge on any atom is 0.303 e. The zero-order chi connectivity index (χ0) is 26.4. The van der Waals surface area contributed by atoms with E-state index in [1.165, 1.54) is 6.92 Å². The molecule has 0 atom stereocenters. The predicted octanol–water partition coefficient (Wildman–Crippen LogP) is 5.95. The van der Waals surface area contributed by atoms with Crippen molar-refractivity contribution in [2.45, 2.75) is 33.3 Å². The number of anilines is 1. The van der Waals surface area contributed by atoms with Gasteiger partial charge < -0.3 is 10.5 Å². The molecule has 0 bridgehead atoms. The SMILES string of the molecule is CC.CC(=O)OCc1ccc(-c2ccc3nc(-c4cccnc4N)n(-c4ccc(CCl)cc4)c3n2)cn1. The van der Waals surface area contributed by atoms with Gasteiger partial charge in [0.2, 0.25) is 0 Å². The average Bonchev–Trinajstić information content (AvgIpc) is 3.32. The molecule has 0 amide bonds. The number of carbonyl (C=O) groups is 1. The quantitative estimate of drug-likeness (QED) is 0.220. The van der Waals surface area contributed by atoms with Gasteiger partial charge in [0.05, 0.1) is 17.0 Å². The van der Waals surface area contributed by atoms with Crippen molar-refractivity contribution in [3.05, 3.63) is 84.3 Å². The van der Waals surface area contributed by atoms with Gasteiger partial charge in [0.1, 0.15) is 17.9 Å². The fourth-order valence-electron chi connectivity index (χ4n) is 3.72. The molecular formula is C28H27ClN6O2. The normalized spacial score (nSPS) is 10.6. The van der Waals surface area contributed by atoms with Crippen LogP contribution in [0.2, 0.25) is 0 Å². The minimum absolute atomic E-state index is 0.128. The van der Waals surface area contributed by atoms with Crippen LogP contribution in [0.15, 0.2) is 73.1 Å². The number of nitrogens with two attached hydrogens (primary N) is 1. The fourth-order valence-corrected chi connectivity index (χ4v) is 3.90. The summed E-state index contributed by atoms with van der Waals surface area (Å²) in [6, 6.07) is 19.2. The van der Waals surface area contributed by atoms with E-state index in [-0.39, 0.29) is 12.6 Å². The Morgan fingerprint density at radius 2 is 1.78 bits per heavy atom.